The van der Waals surface area contributed by atoms with Crippen LogP contribution in [0.2, 0.25) is 0 Å². The van der Waals surface area contributed by atoms with Gasteiger partial charge in [0.05, 0.1) is 6.61 Å². The van der Waals surface area contributed by atoms with Crippen LogP contribution < -0.4 is 10.2 Å². The normalized spacial score (nSPS) is 14.3. The summed E-state index contributed by atoms with van der Waals surface area (Å²) in [6, 6.07) is 11.9. The molecule has 0 spiro atoms. The molecule has 144 valence electrons. The van der Waals surface area contributed by atoms with Gasteiger partial charge in [-0.05, 0) is 19.4 Å². The number of nitrogens with zero attached hydrogens (tertiary/aromatic N) is 4. The van der Waals surface area contributed by atoms with Crippen LogP contribution in [0.15, 0.2) is 36.4 Å². The van der Waals surface area contributed by atoms with Gasteiger partial charge in [0.1, 0.15) is 24.1 Å². The second kappa shape index (κ2) is 9.32. The van der Waals surface area contributed by atoms with Gasteiger partial charge in [-0.3, -0.25) is 4.79 Å². The molecule has 2 heterocycles. The number of nitrogens with one attached hydrogen (secondary N) is 1. The molecule has 7 heteroatoms. The summed E-state index contributed by atoms with van der Waals surface area (Å²) in [6.07, 6.45) is 0. The van der Waals surface area contributed by atoms with Crippen LogP contribution in [0.4, 0.5) is 11.6 Å². The summed E-state index contributed by atoms with van der Waals surface area (Å²) >= 11 is 0. The number of rotatable bonds is 7. The molecule has 0 aliphatic carbocycles. The van der Waals surface area contributed by atoms with Crippen LogP contribution in [0, 0.1) is 6.92 Å². The minimum atomic E-state index is 0.0396. The molecule has 1 aliphatic heterocycles. The molecule has 1 fully saturated rings. The Morgan fingerprint density at radius 2 is 1.89 bits per heavy atom. The van der Waals surface area contributed by atoms with E-state index in [1.807, 2.05) is 55.1 Å². The van der Waals surface area contributed by atoms with Crippen LogP contribution in [0.25, 0.3) is 0 Å². The first-order chi connectivity index (χ1) is 13.2. The summed E-state index contributed by atoms with van der Waals surface area (Å²) in [4.78, 5) is 25.4. The predicted octanol–water partition coefficient (Wildman–Crippen LogP) is 2.08. The summed E-state index contributed by atoms with van der Waals surface area (Å²) < 4.78 is 5.57. The molecule has 7 nitrogen and oxygen atoms in total. The molecule has 1 amide bonds. The Bertz CT molecular complexity index is 745. The third-order valence-corrected chi connectivity index (χ3v) is 4.48. The van der Waals surface area contributed by atoms with Crippen molar-refractivity contribution in [1.29, 1.82) is 0 Å². The Morgan fingerprint density at radius 3 is 2.59 bits per heavy atom. The molecule has 0 saturated carbocycles. The minimum Gasteiger partial charge on any atom is -0.370 e. The van der Waals surface area contributed by atoms with Gasteiger partial charge in [-0.2, -0.15) is 0 Å². The molecular formula is C20H27N5O2. The third kappa shape index (κ3) is 5.40. The molecule has 1 aromatic heterocycles. The van der Waals surface area contributed by atoms with E-state index in [0.717, 1.165) is 42.7 Å². The largest absolute Gasteiger partial charge is 0.370 e. The molecule has 0 atom stereocenters. The molecular weight excluding hydrogens is 342 g/mol. The lowest BCUT2D eigenvalue weighted by Crippen LogP contribution is -2.50. The summed E-state index contributed by atoms with van der Waals surface area (Å²) in [6.45, 7) is 8.20. The first-order valence-electron chi connectivity index (χ1n) is 9.39. The fourth-order valence-electron chi connectivity index (χ4n) is 3.09. The van der Waals surface area contributed by atoms with E-state index in [2.05, 4.69) is 20.2 Å². The average Bonchev–Trinajstić information content (AvgIpc) is 2.69. The number of hydrogen-bond donors (Lipinski definition) is 1. The highest BCUT2D eigenvalue weighted by Crippen LogP contribution is 2.18. The van der Waals surface area contributed by atoms with E-state index in [4.69, 9.17) is 4.74 Å². The van der Waals surface area contributed by atoms with Crippen molar-refractivity contribution >= 4 is 17.5 Å². The molecule has 1 aromatic carbocycles. The van der Waals surface area contributed by atoms with Crippen LogP contribution in [0.3, 0.4) is 0 Å². The zero-order chi connectivity index (χ0) is 19.1. The molecule has 2 aromatic rings. The Labute approximate surface area is 160 Å². The summed E-state index contributed by atoms with van der Waals surface area (Å²) in [5.74, 6) is 2.53. The van der Waals surface area contributed by atoms with Crippen LogP contribution in [-0.4, -0.2) is 60.1 Å². The van der Waals surface area contributed by atoms with Crippen molar-refractivity contribution in [2.45, 2.75) is 20.5 Å². The number of ether oxygens (including phenoxy) is 1. The van der Waals surface area contributed by atoms with Crippen molar-refractivity contribution in [3.8, 4) is 0 Å². The first-order valence-corrected chi connectivity index (χ1v) is 9.39. The summed E-state index contributed by atoms with van der Waals surface area (Å²) in [5.41, 5.74) is 1.07. The summed E-state index contributed by atoms with van der Waals surface area (Å²) in [7, 11) is 0. The number of carbonyl (C=O) groups is 1. The van der Waals surface area contributed by atoms with Crippen molar-refractivity contribution in [3.05, 3.63) is 47.8 Å². The van der Waals surface area contributed by atoms with E-state index in [-0.39, 0.29) is 12.5 Å². The number of piperazine rings is 1. The molecule has 27 heavy (non-hydrogen) atoms. The lowest BCUT2D eigenvalue weighted by molar-refractivity contribution is -0.136. The Balaban J connectivity index is 1.47. The van der Waals surface area contributed by atoms with Gasteiger partial charge in [-0.25, -0.2) is 9.97 Å². The molecule has 0 unspecified atom stereocenters. The molecule has 0 radical (unpaired) electrons. The van der Waals surface area contributed by atoms with E-state index >= 15 is 0 Å². The van der Waals surface area contributed by atoms with Crippen molar-refractivity contribution < 1.29 is 9.53 Å². The van der Waals surface area contributed by atoms with Gasteiger partial charge in [0.25, 0.3) is 0 Å². The van der Waals surface area contributed by atoms with Gasteiger partial charge in [-0.1, -0.05) is 30.3 Å². The molecule has 1 saturated heterocycles. The van der Waals surface area contributed by atoms with Crippen molar-refractivity contribution in [3.63, 3.8) is 0 Å². The lowest BCUT2D eigenvalue weighted by atomic mass is 10.2. The second-order valence-electron chi connectivity index (χ2n) is 6.54. The first kappa shape index (κ1) is 19.1. The Kier molecular flexibility index (Phi) is 6.59. The number of benzene rings is 1. The van der Waals surface area contributed by atoms with Gasteiger partial charge in [0.2, 0.25) is 5.91 Å². The van der Waals surface area contributed by atoms with Gasteiger partial charge in [0.15, 0.2) is 0 Å². The topological polar surface area (TPSA) is 70.6 Å². The number of hydrogen-bond acceptors (Lipinski definition) is 6. The SMILES string of the molecule is CCNc1cc(N2CCN(C(=O)COCc3ccccc3)CC2)nc(C)n1. The van der Waals surface area contributed by atoms with Crippen molar-refractivity contribution in [2.24, 2.45) is 0 Å². The fraction of sp³-hybridized carbons (Fsp3) is 0.450. The van der Waals surface area contributed by atoms with Crippen LogP contribution in [-0.2, 0) is 16.1 Å². The zero-order valence-electron chi connectivity index (χ0n) is 16.0. The van der Waals surface area contributed by atoms with E-state index in [1.165, 1.54) is 0 Å². The van der Waals surface area contributed by atoms with E-state index in [9.17, 15) is 4.79 Å². The Morgan fingerprint density at radius 1 is 1.15 bits per heavy atom. The maximum atomic E-state index is 12.4. The minimum absolute atomic E-state index is 0.0396. The standard InChI is InChI=1S/C20H27N5O2/c1-3-21-18-13-19(23-16(2)22-18)24-9-11-25(12-10-24)20(26)15-27-14-17-7-5-4-6-8-17/h4-8,13H,3,9-12,14-15H2,1-2H3,(H,21,22,23). The van der Waals surface area contributed by atoms with Crippen LogP contribution in [0.1, 0.15) is 18.3 Å². The van der Waals surface area contributed by atoms with E-state index < -0.39 is 0 Å². The molecule has 1 aliphatic rings. The predicted molar refractivity (Wildman–Crippen MR) is 106 cm³/mol. The highest BCUT2D eigenvalue weighted by molar-refractivity contribution is 5.77. The average molecular weight is 369 g/mol. The summed E-state index contributed by atoms with van der Waals surface area (Å²) in [5, 5.41) is 3.23. The van der Waals surface area contributed by atoms with Gasteiger partial charge in [0, 0.05) is 38.8 Å². The lowest BCUT2D eigenvalue weighted by Gasteiger charge is -2.35. The smallest absolute Gasteiger partial charge is 0.248 e. The zero-order valence-corrected chi connectivity index (χ0v) is 16.0. The number of anilines is 2. The maximum Gasteiger partial charge on any atom is 0.248 e. The molecule has 3 rings (SSSR count). The number of aromatic nitrogens is 2. The fourth-order valence-corrected chi connectivity index (χ4v) is 3.09. The van der Waals surface area contributed by atoms with E-state index in [0.29, 0.717) is 19.7 Å². The third-order valence-electron chi connectivity index (χ3n) is 4.48. The van der Waals surface area contributed by atoms with Crippen molar-refractivity contribution in [1.82, 2.24) is 14.9 Å². The maximum absolute atomic E-state index is 12.4. The number of carbonyl (C=O) groups excluding carboxylic acids is 1. The van der Waals surface area contributed by atoms with Gasteiger partial charge < -0.3 is 19.9 Å². The van der Waals surface area contributed by atoms with Crippen LogP contribution in [0.5, 0.6) is 0 Å². The van der Waals surface area contributed by atoms with Crippen LogP contribution >= 0.6 is 0 Å². The highest BCUT2D eigenvalue weighted by atomic mass is 16.5. The molecule has 1 N–H and O–H groups in total. The van der Waals surface area contributed by atoms with Gasteiger partial charge >= 0.3 is 0 Å². The second-order valence-corrected chi connectivity index (χ2v) is 6.54. The number of aryl methyl sites for hydroxylation is 1. The monoisotopic (exact) mass is 369 g/mol. The van der Waals surface area contributed by atoms with Crippen molar-refractivity contribution in [2.75, 3.05) is 49.5 Å². The van der Waals surface area contributed by atoms with Gasteiger partial charge in [-0.15, -0.1) is 0 Å². The highest BCUT2D eigenvalue weighted by Gasteiger charge is 2.22. The van der Waals surface area contributed by atoms with E-state index in [1.54, 1.807) is 0 Å². The quantitative estimate of drug-likeness (QED) is 0.806. The number of amides is 1. The Hall–Kier alpha value is -2.67. The molecule has 0 bridgehead atoms.